The van der Waals surface area contributed by atoms with Crippen LogP contribution in [0.3, 0.4) is 0 Å². The van der Waals surface area contributed by atoms with Crippen molar-refractivity contribution in [3.05, 3.63) is 83.4 Å². The molecule has 0 atom stereocenters. The smallest absolute Gasteiger partial charge is 0.262 e. The Morgan fingerprint density at radius 1 is 1.00 bits per heavy atom. The summed E-state index contributed by atoms with van der Waals surface area (Å²) in [7, 11) is -3.77. The summed E-state index contributed by atoms with van der Waals surface area (Å²) in [5.41, 5.74) is 0.994. The predicted octanol–water partition coefficient (Wildman–Crippen LogP) is 4.53. The lowest BCUT2D eigenvalue weighted by Gasteiger charge is -2.11. The Hall–Kier alpha value is -3.43. The highest BCUT2D eigenvalue weighted by atomic mass is 35.5. The summed E-state index contributed by atoms with van der Waals surface area (Å²) in [5, 5.41) is 8.56. The second kappa shape index (κ2) is 8.37. The van der Waals surface area contributed by atoms with Crippen molar-refractivity contribution in [1.29, 1.82) is 0 Å². The fourth-order valence-corrected chi connectivity index (χ4v) is 4.47. The van der Waals surface area contributed by atoms with E-state index >= 15 is 0 Å². The van der Waals surface area contributed by atoms with Gasteiger partial charge in [0.15, 0.2) is 5.82 Å². The third-order valence-corrected chi connectivity index (χ3v) is 6.23. The van der Waals surface area contributed by atoms with E-state index < -0.39 is 10.0 Å². The zero-order chi connectivity index (χ0) is 22.0. The molecule has 10 heteroatoms. The van der Waals surface area contributed by atoms with Crippen LogP contribution in [0.25, 0.3) is 5.82 Å². The van der Waals surface area contributed by atoms with Gasteiger partial charge in [-0.25, -0.2) is 13.4 Å². The van der Waals surface area contributed by atoms with Gasteiger partial charge in [0.05, 0.1) is 4.90 Å². The Morgan fingerprint density at radius 3 is 2.42 bits per heavy atom. The molecule has 8 nitrogen and oxygen atoms in total. The average Bonchev–Trinajstić information content (AvgIpc) is 3.17. The molecule has 2 heterocycles. The van der Waals surface area contributed by atoms with Gasteiger partial charge in [-0.2, -0.15) is 0 Å². The van der Waals surface area contributed by atoms with Crippen LogP contribution in [0.15, 0.2) is 71.9 Å². The van der Waals surface area contributed by atoms with E-state index in [4.69, 9.17) is 16.3 Å². The Kier molecular flexibility index (Phi) is 5.62. The topological polar surface area (TPSA) is 99.0 Å². The quantitative estimate of drug-likeness (QED) is 0.458. The summed E-state index contributed by atoms with van der Waals surface area (Å²) in [5.74, 6) is 2.23. The third-order valence-electron chi connectivity index (χ3n) is 4.47. The standard InChI is InChI=1S/C21H18ClN5O3S/c1-14-3-4-16(22)13-19(14)31(28,29)26-17-5-7-18(8-6-17)30-21-10-9-20(24-25-21)27-12-11-23-15(27)2/h3-13,26H,1-2H3. The van der Waals surface area contributed by atoms with Gasteiger partial charge in [-0.05, 0) is 61.9 Å². The molecule has 158 valence electrons. The number of anilines is 1. The van der Waals surface area contributed by atoms with Gasteiger partial charge in [0, 0.05) is 29.2 Å². The maximum absolute atomic E-state index is 12.7. The maximum Gasteiger partial charge on any atom is 0.262 e. The van der Waals surface area contributed by atoms with E-state index in [1.807, 2.05) is 6.92 Å². The molecular weight excluding hydrogens is 438 g/mol. The van der Waals surface area contributed by atoms with Crippen LogP contribution < -0.4 is 9.46 Å². The number of benzene rings is 2. The van der Waals surface area contributed by atoms with Crippen LogP contribution in [0.5, 0.6) is 11.6 Å². The Bertz CT molecular complexity index is 1320. The molecule has 0 aliphatic rings. The molecule has 2 aromatic heterocycles. The molecule has 0 aliphatic heterocycles. The number of nitrogens with one attached hydrogen (secondary N) is 1. The minimum atomic E-state index is -3.77. The van der Waals surface area contributed by atoms with Crippen LogP contribution in [-0.4, -0.2) is 28.2 Å². The average molecular weight is 456 g/mol. The number of aryl methyl sites for hydroxylation is 2. The van der Waals surface area contributed by atoms with E-state index in [2.05, 4.69) is 19.9 Å². The second-order valence-corrected chi connectivity index (χ2v) is 8.80. The molecule has 4 aromatic rings. The maximum atomic E-state index is 12.7. The Morgan fingerprint density at radius 2 is 1.77 bits per heavy atom. The molecule has 4 rings (SSSR count). The fourth-order valence-electron chi connectivity index (χ4n) is 2.90. The Balaban J connectivity index is 1.46. The Labute approximate surface area is 184 Å². The highest BCUT2D eigenvalue weighted by Crippen LogP contribution is 2.25. The van der Waals surface area contributed by atoms with Gasteiger partial charge in [-0.15, -0.1) is 10.2 Å². The van der Waals surface area contributed by atoms with Crippen molar-refractivity contribution in [1.82, 2.24) is 19.7 Å². The SMILES string of the molecule is Cc1ccc(Cl)cc1S(=O)(=O)Nc1ccc(Oc2ccc(-n3ccnc3C)nn2)cc1. The van der Waals surface area contributed by atoms with Crippen LogP contribution in [-0.2, 0) is 10.0 Å². The van der Waals surface area contributed by atoms with E-state index in [0.717, 1.165) is 5.82 Å². The number of imidazole rings is 1. The van der Waals surface area contributed by atoms with Crippen LogP contribution in [0, 0.1) is 13.8 Å². The lowest BCUT2D eigenvalue weighted by molar-refractivity contribution is 0.454. The van der Waals surface area contributed by atoms with E-state index in [1.165, 1.54) is 6.07 Å². The number of ether oxygens (including phenoxy) is 1. The molecule has 0 spiro atoms. The van der Waals surface area contributed by atoms with Crippen molar-refractivity contribution < 1.29 is 13.2 Å². The second-order valence-electron chi connectivity index (χ2n) is 6.72. The van der Waals surface area contributed by atoms with Gasteiger partial charge in [0.25, 0.3) is 10.0 Å². The molecule has 0 bridgehead atoms. The van der Waals surface area contributed by atoms with Crippen molar-refractivity contribution in [2.24, 2.45) is 0 Å². The molecule has 0 aliphatic carbocycles. The van der Waals surface area contributed by atoms with Crippen molar-refractivity contribution in [3.63, 3.8) is 0 Å². The number of halogens is 1. The van der Waals surface area contributed by atoms with Gasteiger partial charge in [0.1, 0.15) is 11.6 Å². The number of hydrogen-bond donors (Lipinski definition) is 1. The first kappa shape index (κ1) is 20.8. The summed E-state index contributed by atoms with van der Waals surface area (Å²) in [6.45, 7) is 3.58. The number of aromatic nitrogens is 4. The van der Waals surface area contributed by atoms with Crippen LogP contribution in [0.4, 0.5) is 5.69 Å². The van der Waals surface area contributed by atoms with E-state index in [0.29, 0.717) is 33.7 Å². The molecule has 0 saturated carbocycles. The van der Waals surface area contributed by atoms with Crippen LogP contribution in [0.1, 0.15) is 11.4 Å². The van der Waals surface area contributed by atoms with Crippen LogP contribution >= 0.6 is 11.6 Å². The minimum absolute atomic E-state index is 0.129. The zero-order valence-electron chi connectivity index (χ0n) is 16.7. The fraction of sp³-hybridized carbons (Fsp3) is 0.0952. The summed E-state index contributed by atoms with van der Waals surface area (Å²) >= 11 is 5.95. The first-order valence-electron chi connectivity index (χ1n) is 9.23. The lowest BCUT2D eigenvalue weighted by atomic mass is 10.2. The summed E-state index contributed by atoms with van der Waals surface area (Å²) in [6, 6.07) is 14.7. The zero-order valence-corrected chi connectivity index (χ0v) is 18.2. The normalized spacial score (nSPS) is 11.3. The number of nitrogens with zero attached hydrogens (tertiary/aromatic N) is 4. The molecule has 0 saturated heterocycles. The monoisotopic (exact) mass is 455 g/mol. The molecule has 0 unspecified atom stereocenters. The number of hydrogen-bond acceptors (Lipinski definition) is 6. The van der Waals surface area contributed by atoms with Gasteiger partial charge in [0.2, 0.25) is 5.88 Å². The molecule has 0 fully saturated rings. The highest BCUT2D eigenvalue weighted by Gasteiger charge is 2.17. The van der Waals surface area contributed by atoms with Crippen molar-refractivity contribution in [2.45, 2.75) is 18.7 Å². The molecule has 0 amide bonds. The summed E-state index contributed by atoms with van der Waals surface area (Å²) in [6.07, 6.45) is 3.48. The molecule has 31 heavy (non-hydrogen) atoms. The van der Waals surface area contributed by atoms with Crippen molar-refractivity contribution >= 4 is 27.3 Å². The van der Waals surface area contributed by atoms with Gasteiger partial charge < -0.3 is 4.74 Å². The van der Waals surface area contributed by atoms with E-state index in [1.54, 1.807) is 72.4 Å². The van der Waals surface area contributed by atoms with E-state index in [-0.39, 0.29) is 4.90 Å². The lowest BCUT2D eigenvalue weighted by Crippen LogP contribution is -2.14. The van der Waals surface area contributed by atoms with Gasteiger partial charge >= 0.3 is 0 Å². The van der Waals surface area contributed by atoms with Crippen LogP contribution in [0.2, 0.25) is 5.02 Å². The summed E-state index contributed by atoms with van der Waals surface area (Å²) < 4.78 is 35.4. The predicted molar refractivity (Wildman–Crippen MR) is 117 cm³/mol. The minimum Gasteiger partial charge on any atom is -0.438 e. The van der Waals surface area contributed by atoms with Crippen molar-refractivity contribution in [2.75, 3.05) is 4.72 Å². The molecule has 2 aromatic carbocycles. The first-order chi connectivity index (χ1) is 14.8. The highest BCUT2D eigenvalue weighted by molar-refractivity contribution is 7.92. The number of sulfonamides is 1. The number of rotatable bonds is 6. The van der Waals surface area contributed by atoms with Gasteiger partial charge in [-0.3, -0.25) is 9.29 Å². The van der Waals surface area contributed by atoms with Crippen molar-refractivity contribution in [3.8, 4) is 17.4 Å². The third kappa shape index (κ3) is 4.68. The molecular formula is C21H18ClN5O3S. The molecule has 1 N–H and O–H groups in total. The summed E-state index contributed by atoms with van der Waals surface area (Å²) in [4.78, 5) is 4.28. The largest absolute Gasteiger partial charge is 0.438 e. The van der Waals surface area contributed by atoms with E-state index in [9.17, 15) is 8.42 Å². The van der Waals surface area contributed by atoms with Gasteiger partial charge in [-0.1, -0.05) is 17.7 Å². The first-order valence-corrected chi connectivity index (χ1v) is 11.1. The molecule has 0 radical (unpaired) electrons.